The molecule has 5 nitrogen and oxygen atoms in total. The van der Waals surface area contributed by atoms with Gasteiger partial charge in [0.2, 0.25) is 5.91 Å². The minimum absolute atomic E-state index is 0.0575. The molecule has 0 saturated heterocycles. The standard InChI is InChI=1S/C13H18N2O3/c1-8(2)15-12(16)7-14-11-6-9(3)4-5-10(11)13(17)18/h4-6,8,14H,7H2,1-3H3,(H,15,16)(H,17,18). The normalized spacial score (nSPS) is 10.2. The summed E-state index contributed by atoms with van der Waals surface area (Å²) in [6.07, 6.45) is 0. The summed E-state index contributed by atoms with van der Waals surface area (Å²) in [7, 11) is 0. The fraction of sp³-hybridized carbons (Fsp3) is 0.385. The highest BCUT2D eigenvalue weighted by Crippen LogP contribution is 2.17. The van der Waals surface area contributed by atoms with E-state index >= 15 is 0 Å². The number of anilines is 1. The number of benzene rings is 1. The molecule has 0 radical (unpaired) electrons. The Labute approximate surface area is 106 Å². The molecule has 0 unspecified atom stereocenters. The number of hydrogen-bond acceptors (Lipinski definition) is 3. The van der Waals surface area contributed by atoms with Gasteiger partial charge in [0, 0.05) is 11.7 Å². The van der Waals surface area contributed by atoms with Gasteiger partial charge in [-0.05, 0) is 38.5 Å². The predicted octanol–water partition coefficient (Wildman–Crippen LogP) is 1.63. The first-order chi connectivity index (χ1) is 8.40. The summed E-state index contributed by atoms with van der Waals surface area (Å²) < 4.78 is 0. The number of amides is 1. The maximum Gasteiger partial charge on any atom is 0.337 e. The van der Waals surface area contributed by atoms with Crippen LogP contribution in [0.15, 0.2) is 18.2 Å². The van der Waals surface area contributed by atoms with Crippen molar-refractivity contribution >= 4 is 17.6 Å². The molecule has 3 N–H and O–H groups in total. The Morgan fingerprint density at radius 2 is 2.00 bits per heavy atom. The van der Waals surface area contributed by atoms with E-state index in [0.717, 1.165) is 5.56 Å². The number of rotatable bonds is 5. The summed E-state index contributed by atoms with van der Waals surface area (Å²) in [6.45, 7) is 5.66. The monoisotopic (exact) mass is 250 g/mol. The Balaban J connectivity index is 2.74. The van der Waals surface area contributed by atoms with Crippen LogP contribution in [0.2, 0.25) is 0 Å². The van der Waals surface area contributed by atoms with Crippen molar-refractivity contribution in [3.8, 4) is 0 Å². The average Bonchev–Trinajstić information content (AvgIpc) is 2.25. The van der Waals surface area contributed by atoms with E-state index < -0.39 is 5.97 Å². The fourth-order valence-electron chi connectivity index (χ4n) is 1.54. The summed E-state index contributed by atoms with van der Waals surface area (Å²) in [5, 5.41) is 14.6. The van der Waals surface area contributed by atoms with Gasteiger partial charge < -0.3 is 15.7 Å². The minimum Gasteiger partial charge on any atom is -0.478 e. The maximum atomic E-state index is 11.5. The molecule has 1 amide bonds. The smallest absolute Gasteiger partial charge is 0.337 e. The highest BCUT2D eigenvalue weighted by atomic mass is 16.4. The van der Waals surface area contributed by atoms with Crippen LogP contribution in [0.4, 0.5) is 5.69 Å². The second-order valence-corrected chi connectivity index (χ2v) is 4.43. The number of hydrogen-bond donors (Lipinski definition) is 3. The van der Waals surface area contributed by atoms with Crippen LogP contribution in [0.1, 0.15) is 29.8 Å². The van der Waals surface area contributed by atoms with Gasteiger partial charge in [0.15, 0.2) is 0 Å². The molecule has 0 heterocycles. The molecule has 0 atom stereocenters. The van der Waals surface area contributed by atoms with Crippen LogP contribution in [0.3, 0.4) is 0 Å². The van der Waals surface area contributed by atoms with Gasteiger partial charge in [-0.15, -0.1) is 0 Å². The van der Waals surface area contributed by atoms with Crippen molar-refractivity contribution < 1.29 is 14.7 Å². The van der Waals surface area contributed by atoms with Crippen molar-refractivity contribution in [1.82, 2.24) is 5.32 Å². The molecule has 1 rings (SSSR count). The second kappa shape index (κ2) is 6.05. The van der Waals surface area contributed by atoms with Gasteiger partial charge in [-0.2, -0.15) is 0 Å². The SMILES string of the molecule is Cc1ccc(C(=O)O)c(NCC(=O)NC(C)C)c1. The summed E-state index contributed by atoms with van der Waals surface area (Å²) in [5.41, 5.74) is 1.56. The summed E-state index contributed by atoms with van der Waals surface area (Å²) in [5.74, 6) is -1.18. The first-order valence-electron chi connectivity index (χ1n) is 5.77. The minimum atomic E-state index is -1.01. The van der Waals surface area contributed by atoms with Crippen LogP contribution >= 0.6 is 0 Å². The van der Waals surface area contributed by atoms with Gasteiger partial charge >= 0.3 is 5.97 Å². The summed E-state index contributed by atoms with van der Waals surface area (Å²) >= 11 is 0. The highest BCUT2D eigenvalue weighted by molar-refractivity contribution is 5.95. The number of carbonyl (C=O) groups excluding carboxylic acids is 1. The van der Waals surface area contributed by atoms with E-state index in [1.165, 1.54) is 6.07 Å². The Kier molecular flexibility index (Phi) is 4.71. The van der Waals surface area contributed by atoms with Crippen molar-refractivity contribution in [2.75, 3.05) is 11.9 Å². The highest BCUT2D eigenvalue weighted by Gasteiger charge is 2.11. The zero-order chi connectivity index (χ0) is 13.7. The lowest BCUT2D eigenvalue weighted by atomic mass is 10.1. The lowest BCUT2D eigenvalue weighted by Crippen LogP contribution is -2.35. The van der Waals surface area contributed by atoms with Crippen LogP contribution in [0, 0.1) is 6.92 Å². The van der Waals surface area contributed by atoms with E-state index in [0.29, 0.717) is 5.69 Å². The van der Waals surface area contributed by atoms with E-state index in [1.807, 2.05) is 20.8 Å². The Morgan fingerprint density at radius 1 is 1.33 bits per heavy atom. The molecule has 0 aliphatic rings. The molecule has 0 bridgehead atoms. The van der Waals surface area contributed by atoms with Crippen LogP contribution in [-0.4, -0.2) is 29.6 Å². The van der Waals surface area contributed by atoms with Crippen LogP contribution < -0.4 is 10.6 Å². The van der Waals surface area contributed by atoms with E-state index in [1.54, 1.807) is 12.1 Å². The Morgan fingerprint density at radius 3 is 2.56 bits per heavy atom. The fourth-order valence-corrected chi connectivity index (χ4v) is 1.54. The van der Waals surface area contributed by atoms with Crippen molar-refractivity contribution in [2.24, 2.45) is 0 Å². The summed E-state index contributed by atoms with van der Waals surface area (Å²) in [4.78, 5) is 22.5. The molecule has 0 fully saturated rings. The lowest BCUT2D eigenvalue weighted by molar-refractivity contribution is -0.119. The molecule has 0 aromatic heterocycles. The average molecular weight is 250 g/mol. The van der Waals surface area contributed by atoms with Crippen LogP contribution in [-0.2, 0) is 4.79 Å². The van der Waals surface area contributed by atoms with Gasteiger partial charge in [0.1, 0.15) is 0 Å². The van der Waals surface area contributed by atoms with Crippen molar-refractivity contribution in [3.05, 3.63) is 29.3 Å². The molecule has 0 spiro atoms. The molecule has 5 heteroatoms. The molecule has 0 aliphatic carbocycles. The van der Waals surface area contributed by atoms with Gasteiger partial charge in [-0.3, -0.25) is 4.79 Å². The van der Waals surface area contributed by atoms with Gasteiger partial charge in [0.25, 0.3) is 0 Å². The Bertz CT molecular complexity index is 456. The van der Waals surface area contributed by atoms with Gasteiger partial charge in [-0.1, -0.05) is 6.07 Å². The van der Waals surface area contributed by atoms with Gasteiger partial charge in [0.05, 0.1) is 12.1 Å². The maximum absolute atomic E-state index is 11.5. The van der Waals surface area contributed by atoms with Crippen molar-refractivity contribution in [3.63, 3.8) is 0 Å². The number of carboxylic acid groups (broad SMARTS) is 1. The second-order valence-electron chi connectivity index (χ2n) is 4.43. The largest absolute Gasteiger partial charge is 0.478 e. The molecule has 98 valence electrons. The first kappa shape index (κ1) is 14.0. The molecule has 0 aliphatic heterocycles. The molecule has 1 aromatic carbocycles. The van der Waals surface area contributed by atoms with E-state index in [-0.39, 0.29) is 24.1 Å². The van der Waals surface area contributed by atoms with E-state index in [4.69, 9.17) is 5.11 Å². The predicted molar refractivity (Wildman–Crippen MR) is 69.9 cm³/mol. The van der Waals surface area contributed by atoms with Crippen molar-refractivity contribution in [2.45, 2.75) is 26.8 Å². The third kappa shape index (κ3) is 4.08. The van der Waals surface area contributed by atoms with Crippen molar-refractivity contribution in [1.29, 1.82) is 0 Å². The molecular formula is C13H18N2O3. The first-order valence-corrected chi connectivity index (χ1v) is 5.77. The number of aryl methyl sites for hydroxylation is 1. The lowest BCUT2D eigenvalue weighted by Gasteiger charge is -2.12. The number of aromatic carboxylic acids is 1. The molecule has 18 heavy (non-hydrogen) atoms. The molecule has 0 saturated carbocycles. The quantitative estimate of drug-likeness (QED) is 0.742. The van der Waals surface area contributed by atoms with Crippen LogP contribution in [0.25, 0.3) is 0 Å². The third-order valence-electron chi connectivity index (χ3n) is 2.29. The van der Waals surface area contributed by atoms with Gasteiger partial charge in [-0.25, -0.2) is 4.79 Å². The Hall–Kier alpha value is -2.04. The number of carbonyl (C=O) groups is 2. The zero-order valence-electron chi connectivity index (χ0n) is 10.8. The number of carboxylic acids is 1. The summed E-state index contributed by atoms with van der Waals surface area (Å²) in [6, 6.07) is 5.03. The zero-order valence-corrected chi connectivity index (χ0v) is 10.8. The molecular weight excluding hydrogens is 232 g/mol. The molecule has 1 aromatic rings. The van der Waals surface area contributed by atoms with E-state index in [2.05, 4.69) is 10.6 Å². The topological polar surface area (TPSA) is 78.4 Å². The number of nitrogens with one attached hydrogen (secondary N) is 2. The third-order valence-corrected chi connectivity index (χ3v) is 2.29. The van der Waals surface area contributed by atoms with Crippen LogP contribution in [0.5, 0.6) is 0 Å². The van der Waals surface area contributed by atoms with E-state index in [9.17, 15) is 9.59 Å².